The number of hydrogen-bond acceptors (Lipinski definition) is 4. The van der Waals surface area contributed by atoms with Crippen molar-refractivity contribution in [2.24, 2.45) is 5.92 Å². The maximum Gasteiger partial charge on any atom is 0.308 e. The summed E-state index contributed by atoms with van der Waals surface area (Å²) in [7, 11) is 0. The third-order valence-electron chi connectivity index (χ3n) is 4.15. The summed E-state index contributed by atoms with van der Waals surface area (Å²) in [5.74, 6) is -1.14. The molecule has 1 amide bonds. The van der Waals surface area contributed by atoms with E-state index in [0.717, 1.165) is 19.3 Å². The molecule has 0 spiro atoms. The van der Waals surface area contributed by atoms with Crippen LogP contribution in [0.5, 0.6) is 0 Å². The van der Waals surface area contributed by atoms with E-state index in [0.29, 0.717) is 36.3 Å². The molecule has 1 fully saturated rings. The number of rotatable bonds is 4. The van der Waals surface area contributed by atoms with E-state index >= 15 is 0 Å². The van der Waals surface area contributed by atoms with Crippen LogP contribution in [0.4, 0.5) is 0 Å². The van der Waals surface area contributed by atoms with Gasteiger partial charge < -0.3 is 14.9 Å². The monoisotopic (exact) mass is 294 g/mol. The summed E-state index contributed by atoms with van der Waals surface area (Å²) < 4.78 is 5.07. The fourth-order valence-corrected chi connectivity index (χ4v) is 2.97. The van der Waals surface area contributed by atoms with Gasteiger partial charge in [0, 0.05) is 6.04 Å². The van der Waals surface area contributed by atoms with E-state index < -0.39 is 11.9 Å². The zero-order valence-electron chi connectivity index (χ0n) is 12.5. The van der Waals surface area contributed by atoms with Gasteiger partial charge in [0.1, 0.15) is 11.3 Å². The fraction of sp³-hybridized carbons (Fsp3) is 0.667. The van der Waals surface area contributed by atoms with Crippen molar-refractivity contribution in [3.63, 3.8) is 0 Å². The Balaban J connectivity index is 2.16. The van der Waals surface area contributed by atoms with Crippen molar-refractivity contribution in [2.45, 2.75) is 58.4 Å². The molecular formula is C15H22N2O4. The standard InChI is InChI=1S/C15H22N2O4/c1-3-11-13(9(2)21-17-11)14(18)16-12-8-6-4-5-7-10(12)15(19)20/h10,12H,3-8H2,1-2H3,(H,16,18)(H,19,20). The topological polar surface area (TPSA) is 92.4 Å². The van der Waals surface area contributed by atoms with Gasteiger partial charge in [0.15, 0.2) is 0 Å². The van der Waals surface area contributed by atoms with Crippen molar-refractivity contribution in [3.8, 4) is 0 Å². The first-order valence-electron chi connectivity index (χ1n) is 7.53. The highest BCUT2D eigenvalue weighted by Gasteiger charge is 2.32. The quantitative estimate of drug-likeness (QED) is 0.831. The molecule has 6 nitrogen and oxygen atoms in total. The molecule has 2 N–H and O–H groups in total. The molecule has 1 saturated carbocycles. The lowest BCUT2D eigenvalue weighted by molar-refractivity contribution is -0.142. The number of aliphatic carboxylic acids is 1. The van der Waals surface area contributed by atoms with Gasteiger partial charge in [-0.05, 0) is 26.2 Å². The second-order valence-electron chi connectivity index (χ2n) is 5.58. The summed E-state index contributed by atoms with van der Waals surface area (Å²) in [5, 5.41) is 16.1. The number of nitrogens with one attached hydrogen (secondary N) is 1. The maximum atomic E-state index is 12.5. The Bertz CT molecular complexity index is 524. The number of nitrogens with zero attached hydrogens (tertiary/aromatic N) is 1. The molecule has 0 saturated heterocycles. The fourth-order valence-electron chi connectivity index (χ4n) is 2.97. The maximum absolute atomic E-state index is 12.5. The molecule has 6 heteroatoms. The Morgan fingerprint density at radius 2 is 2.05 bits per heavy atom. The molecule has 21 heavy (non-hydrogen) atoms. The highest BCUT2D eigenvalue weighted by atomic mass is 16.5. The molecule has 116 valence electrons. The van der Waals surface area contributed by atoms with E-state index in [1.165, 1.54) is 0 Å². The molecule has 1 aromatic heterocycles. The molecule has 0 radical (unpaired) electrons. The van der Waals surface area contributed by atoms with Crippen molar-refractivity contribution in [1.29, 1.82) is 0 Å². The molecule has 0 aromatic carbocycles. The highest BCUT2D eigenvalue weighted by molar-refractivity contribution is 5.96. The first kappa shape index (κ1) is 15.5. The number of amides is 1. The van der Waals surface area contributed by atoms with Crippen LogP contribution >= 0.6 is 0 Å². The number of aryl methyl sites for hydroxylation is 2. The second kappa shape index (κ2) is 6.74. The summed E-state index contributed by atoms with van der Waals surface area (Å²) in [6, 6.07) is -0.323. The third-order valence-corrected chi connectivity index (χ3v) is 4.15. The van der Waals surface area contributed by atoms with Crippen molar-refractivity contribution in [2.75, 3.05) is 0 Å². The van der Waals surface area contributed by atoms with Gasteiger partial charge in [0.05, 0.1) is 11.6 Å². The van der Waals surface area contributed by atoms with Crippen LogP contribution in [0.1, 0.15) is 60.8 Å². The van der Waals surface area contributed by atoms with Gasteiger partial charge >= 0.3 is 5.97 Å². The van der Waals surface area contributed by atoms with Gasteiger partial charge in [-0.3, -0.25) is 9.59 Å². The average Bonchev–Trinajstić information content (AvgIpc) is 2.67. The number of carboxylic acid groups (broad SMARTS) is 1. The van der Waals surface area contributed by atoms with Crippen LogP contribution in [0.25, 0.3) is 0 Å². The predicted octanol–water partition coefficient (Wildman–Crippen LogP) is 2.31. The highest BCUT2D eigenvalue weighted by Crippen LogP contribution is 2.24. The second-order valence-corrected chi connectivity index (χ2v) is 5.58. The van der Waals surface area contributed by atoms with Crippen LogP contribution in [0, 0.1) is 12.8 Å². The Labute approximate surface area is 123 Å². The normalized spacial score (nSPS) is 22.6. The lowest BCUT2D eigenvalue weighted by Gasteiger charge is -2.22. The number of carboxylic acids is 1. The van der Waals surface area contributed by atoms with Crippen LogP contribution in [0.2, 0.25) is 0 Å². The molecule has 2 atom stereocenters. The van der Waals surface area contributed by atoms with Crippen LogP contribution in [-0.2, 0) is 11.2 Å². The van der Waals surface area contributed by atoms with Gasteiger partial charge in [-0.1, -0.05) is 31.3 Å². The summed E-state index contributed by atoms with van der Waals surface area (Å²) in [6.07, 6.45) is 4.78. The predicted molar refractivity (Wildman–Crippen MR) is 76.1 cm³/mol. The van der Waals surface area contributed by atoms with Gasteiger partial charge in [-0.2, -0.15) is 0 Å². The van der Waals surface area contributed by atoms with Gasteiger partial charge in [-0.15, -0.1) is 0 Å². The van der Waals surface area contributed by atoms with E-state index in [-0.39, 0.29) is 11.9 Å². The zero-order valence-corrected chi connectivity index (χ0v) is 12.5. The summed E-state index contributed by atoms with van der Waals surface area (Å²) in [6.45, 7) is 3.60. The Morgan fingerprint density at radius 3 is 2.71 bits per heavy atom. The molecule has 1 aromatic rings. The van der Waals surface area contributed by atoms with Crippen molar-refractivity contribution >= 4 is 11.9 Å². The minimum atomic E-state index is -0.833. The lowest BCUT2D eigenvalue weighted by Crippen LogP contribution is -2.43. The number of aromatic nitrogens is 1. The molecule has 1 aliphatic rings. The molecule has 2 unspecified atom stereocenters. The number of carbonyl (C=O) groups excluding carboxylic acids is 1. The first-order chi connectivity index (χ1) is 10.0. The Morgan fingerprint density at radius 1 is 1.33 bits per heavy atom. The minimum absolute atomic E-state index is 0.274. The SMILES string of the molecule is CCc1noc(C)c1C(=O)NC1CCCCCC1C(=O)O. The third kappa shape index (κ3) is 3.43. The smallest absolute Gasteiger partial charge is 0.308 e. The zero-order chi connectivity index (χ0) is 15.4. The summed E-state index contributed by atoms with van der Waals surface area (Å²) in [4.78, 5) is 23.8. The molecule has 0 bridgehead atoms. The van der Waals surface area contributed by atoms with E-state index in [1.54, 1.807) is 6.92 Å². The minimum Gasteiger partial charge on any atom is -0.481 e. The molecular weight excluding hydrogens is 272 g/mol. The lowest BCUT2D eigenvalue weighted by atomic mass is 9.94. The summed E-state index contributed by atoms with van der Waals surface area (Å²) >= 11 is 0. The molecule has 1 heterocycles. The molecule has 1 aliphatic carbocycles. The number of hydrogen-bond donors (Lipinski definition) is 2. The largest absolute Gasteiger partial charge is 0.481 e. The van der Waals surface area contributed by atoms with E-state index in [4.69, 9.17) is 4.52 Å². The van der Waals surface area contributed by atoms with E-state index in [1.807, 2.05) is 6.92 Å². The number of carbonyl (C=O) groups is 2. The Kier molecular flexibility index (Phi) is 4.98. The van der Waals surface area contributed by atoms with E-state index in [2.05, 4.69) is 10.5 Å². The average molecular weight is 294 g/mol. The van der Waals surface area contributed by atoms with Crippen molar-refractivity contribution in [1.82, 2.24) is 10.5 Å². The Hall–Kier alpha value is -1.85. The molecule has 2 rings (SSSR count). The van der Waals surface area contributed by atoms with Crippen molar-refractivity contribution in [3.05, 3.63) is 17.0 Å². The van der Waals surface area contributed by atoms with Crippen molar-refractivity contribution < 1.29 is 19.2 Å². The van der Waals surface area contributed by atoms with Crippen LogP contribution in [0.15, 0.2) is 4.52 Å². The van der Waals surface area contributed by atoms with Gasteiger partial charge in [0.2, 0.25) is 0 Å². The van der Waals surface area contributed by atoms with Crippen LogP contribution in [0.3, 0.4) is 0 Å². The summed E-state index contributed by atoms with van der Waals surface area (Å²) in [5.41, 5.74) is 1.07. The van der Waals surface area contributed by atoms with Crippen LogP contribution < -0.4 is 5.32 Å². The van der Waals surface area contributed by atoms with E-state index in [9.17, 15) is 14.7 Å². The van der Waals surface area contributed by atoms with Crippen LogP contribution in [-0.4, -0.2) is 28.2 Å². The van der Waals surface area contributed by atoms with Gasteiger partial charge in [0.25, 0.3) is 5.91 Å². The first-order valence-corrected chi connectivity index (χ1v) is 7.53. The van der Waals surface area contributed by atoms with Gasteiger partial charge in [-0.25, -0.2) is 0 Å². The molecule has 0 aliphatic heterocycles.